The fourth-order valence-corrected chi connectivity index (χ4v) is 1.87. The molecule has 0 aliphatic carbocycles. The van der Waals surface area contributed by atoms with Gasteiger partial charge in [0.15, 0.2) is 0 Å². The van der Waals surface area contributed by atoms with Gasteiger partial charge < -0.3 is 15.2 Å². The van der Waals surface area contributed by atoms with E-state index in [2.05, 4.69) is 5.32 Å². The Labute approximate surface area is 118 Å². The van der Waals surface area contributed by atoms with Gasteiger partial charge >= 0.3 is 0 Å². The first kappa shape index (κ1) is 15.8. The molecular weight excluding hydrogens is 266 g/mol. The van der Waals surface area contributed by atoms with Crippen molar-refractivity contribution in [1.29, 1.82) is 0 Å². The first-order valence-corrected chi connectivity index (χ1v) is 6.97. The lowest BCUT2D eigenvalue weighted by atomic mass is 10.1. The molecule has 2 N–H and O–H groups in total. The molecule has 0 saturated carbocycles. The monoisotopic (exact) mass is 285 g/mol. The fraction of sp³-hybridized carbons (Fsp3) is 0.500. The number of nitrogens with one attached hydrogen (secondary N) is 1. The summed E-state index contributed by atoms with van der Waals surface area (Å²) in [6.07, 6.45) is 2.06. The van der Waals surface area contributed by atoms with Crippen LogP contribution in [0.3, 0.4) is 0 Å². The molecule has 0 fully saturated rings. The summed E-state index contributed by atoms with van der Waals surface area (Å²) in [7, 11) is 0. The summed E-state index contributed by atoms with van der Waals surface area (Å²) >= 11 is 5.56. The predicted molar refractivity (Wildman–Crippen MR) is 76.7 cm³/mol. The van der Waals surface area contributed by atoms with Gasteiger partial charge in [0.1, 0.15) is 5.75 Å². The Bertz CT molecular complexity index is 410. The number of amides is 1. The van der Waals surface area contributed by atoms with Crippen molar-refractivity contribution in [2.75, 3.05) is 17.8 Å². The number of halogens is 1. The van der Waals surface area contributed by atoms with Gasteiger partial charge in [-0.3, -0.25) is 4.79 Å². The van der Waals surface area contributed by atoms with E-state index in [0.717, 1.165) is 12.8 Å². The lowest BCUT2D eigenvalue weighted by Gasteiger charge is -2.11. The smallest absolute Gasteiger partial charge is 0.224 e. The molecule has 0 atom stereocenters. The van der Waals surface area contributed by atoms with Crippen LogP contribution in [0, 0.1) is 0 Å². The van der Waals surface area contributed by atoms with Crippen molar-refractivity contribution in [3.63, 3.8) is 0 Å². The van der Waals surface area contributed by atoms with E-state index in [1.165, 1.54) is 0 Å². The van der Waals surface area contributed by atoms with E-state index >= 15 is 0 Å². The lowest BCUT2D eigenvalue weighted by Crippen LogP contribution is -2.11. The van der Waals surface area contributed by atoms with E-state index in [0.29, 0.717) is 35.9 Å². The largest absolute Gasteiger partial charge is 0.494 e. The number of carbonyl (C=O) groups excluding carboxylic acids is 1. The van der Waals surface area contributed by atoms with Gasteiger partial charge in [0.2, 0.25) is 5.91 Å². The maximum absolute atomic E-state index is 11.6. The Hall–Kier alpha value is -1.26. The average Bonchev–Trinajstić information content (AvgIpc) is 2.41. The molecule has 106 valence electrons. The van der Waals surface area contributed by atoms with Gasteiger partial charge in [-0.1, -0.05) is 0 Å². The molecule has 1 rings (SSSR count). The Morgan fingerprint density at radius 1 is 1.42 bits per heavy atom. The molecule has 1 amide bonds. The summed E-state index contributed by atoms with van der Waals surface area (Å²) in [5.41, 5.74) is 1.34. The third-order valence-corrected chi connectivity index (χ3v) is 2.87. The van der Waals surface area contributed by atoms with E-state index < -0.39 is 0 Å². The first-order chi connectivity index (χ1) is 9.21. The normalized spacial score (nSPS) is 10.3. The van der Waals surface area contributed by atoms with Crippen molar-refractivity contribution in [3.05, 3.63) is 23.8 Å². The van der Waals surface area contributed by atoms with Gasteiger partial charge in [-0.2, -0.15) is 0 Å². The topological polar surface area (TPSA) is 58.6 Å². The number of hydrogen-bond donors (Lipinski definition) is 2. The number of anilines is 1. The second kappa shape index (κ2) is 8.77. The number of alkyl halides is 1. The van der Waals surface area contributed by atoms with Gasteiger partial charge in [-0.15, -0.1) is 11.6 Å². The molecule has 1 aromatic carbocycles. The van der Waals surface area contributed by atoms with Crippen LogP contribution in [-0.4, -0.2) is 23.5 Å². The van der Waals surface area contributed by atoms with Crippen molar-refractivity contribution in [1.82, 2.24) is 0 Å². The van der Waals surface area contributed by atoms with Crippen LogP contribution in [0.2, 0.25) is 0 Å². The minimum absolute atomic E-state index is 0.0434. The highest BCUT2D eigenvalue weighted by Gasteiger charge is 2.06. The molecule has 0 aliphatic rings. The summed E-state index contributed by atoms with van der Waals surface area (Å²) in [5, 5.41) is 12.1. The Morgan fingerprint density at radius 3 is 2.84 bits per heavy atom. The summed E-state index contributed by atoms with van der Waals surface area (Å²) < 4.78 is 5.38. The van der Waals surface area contributed by atoms with Crippen LogP contribution in [0.5, 0.6) is 5.75 Å². The molecule has 0 aliphatic heterocycles. The minimum Gasteiger partial charge on any atom is -0.494 e. The van der Waals surface area contributed by atoms with Gasteiger partial charge in [0.25, 0.3) is 0 Å². The van der Waals surface area contributed by atoms with Crippen molar-refractivity contribution < 1.29 is 14.6 Å². The summed E-state index contributed by atoms with van der Waals surface area (Å²) in [4.78, 5) is 11.6. The highest BCUT2D eigenvalue weighted by Crippen LogP contribution is 2.23. The number of aliphatic hydroxyl groups excluding tert-OH is 1. The Morgan fingerprint density at radius 2 is 2.21 bits per heavy atom. The Kier molecular flexibility index (Phi) is 7.30. The predicted octanol–water partition coefficient (Wildman–Crippen LogP) is 2.93. The van der Waals surface area contributed by atoms with Gasteiger partial charge in [-0.25, -0.2) is 0 Å². The molecule has 0 radical (unpaired) electrons. The van der Waals surface area contributed by atoms with Gasteiger partial charge in [0, 0.05) is 23.6 Å². The first-order valence-electron chi connectivity index (χ1n) is 6.43. The van der Waals surface area contributed by atoms with Crippen molar-refractivity contribution in [3.8, 4) is 5.75 Å². The van der Waals surface area contributed by atoms with Gasteiger partial charge in [-0.05, 0) is 38.0 Å². The molecule has 1 aromatic rings. The number of carbonyl (C=O) groups is 1. The molecular formula is C14H20ClNO3. The maximum atomic E-state index is 11.6. The summed E-state index contributed by atoms with van der Waals surface area (Å²) in [6.45, 7) is 2.30. The van der Waals surface area contributed by atoms with Crippen LogP contribution in [0.25, 0.3) is 0 Å². The van der Waals surface area contributed by atoms with Crippen LogP contribution in [0.4, 0.5) is 5.69 Å². The highest BCUT2D eigenvalue weighted by molar-refractivity contribution is 6.17. The SMILES string of the molecule is CCOc1ccc(NC(=O)CCCCCl)cc1CO. The molecule has 5 heteroatoms. The molecule has 0 spiro atoms. The molecule has 0 unspecified atom stereocenters. The third-order valence-electron chi connectivity index (χ3n) is 2.60. The van der Waals surface area contributed by atoms with Crippen LogP contribution in [0.15, 0.2) is 18.2 Å². The minimum atomic E-state index is -0.120. The molecule has 0 heterocycles. The molecule has 0 saturated heterocycles. The molecule has 0 bridgehead atoms. The number of rotatable bonds is 8. The number of ether oxygens (including phenoxy) is 1. The second-order valence-electron chi connectivity index (χ2n) is 4.11. The van der Waals surface area contributed by atoms with Crippen LogP contribution in [-0.2, 0) is 11.4 Å². The van der Waals surface area contributed by atoms with E-state index in [1.807, 2.05) is 6.92 Å². The maximum Gasteiger partial charge on any atom is 0.224 e. The number of hydrogen-bond acceptors (Lipinski definition) is 3. The van der Waals surface area contributed by atoms with Crippen LogP contribution in [0.1, 0.15) is 31.7 Å². The lowest BCUT2D eigenvalue weighted by molar-refractivity contribution is -0.116. The second-order valence-corrected chi connectivity index (χ2v) is 4.49. The zero-order valence-corrected chi connectivity index (χ0v) is 11.9. The van der Waals surface area contributed by atoms with Crippen molar-refractivity contribution in [2.45, 2.75) is 32.8 Å². The zero-order chi connectivity index (χ0) is 14.1. The van der Waals surface area contributed by atoms with E-state index in [9.17, 15) is 9.90 Å². The molecule has 4 nitrogen and oxygen atoms in total. The number of unbranched alkanes of at least 4 members (excludes halogenated alkanes) is 1. The average molecular weight is 286 g/mol. The number of aliphatic hydroxyl groups is 1. The Balaban J connectivity index is 2.61. The standard InChI is InChI=1S/C14H20ClNO3/c1-2-19-13-7-6-12(9-11(13)10-17)16-14(18)5-3-4-8-15/h6-7,9,17H,2-5,8,10H2,1H3,(H,16,18). The summed E-state index contributed by atoms with van der Waals surface area (Å²) in [5.74, 6) is 1.17. The third kappa shape index (κ3) is 5.49. The quantitative estimate of drug-likeness (QED) is 0.570. The summed E-state index contributed by atoms with van der Waals surface area (Å²) in [6, 6.07) is 5.25. The zero-order valence-electron chi connectivity index (χ0n) is 11.1. The van der Waals surface area contributed by atoms with Crippen molar-refractivity contribution in [2.24, 2.45) is 0 Å². The number of benzene rings is 1. The van der Waals surface area contributed by atoms with Crippen LogP contribution < -0.4 is 10.1 Å². The molecule has 19 heavy (non-hydrogen) atoms. The highest BCUT2D eigenvalue weighted by atomic mass is 35.5. The molecule has 0 aromatic heterocycles. The van der Waals surface area contributed by atoms with Gasteiger partial charge in [0.05, 0.1) is 13.2 Å². The fourth-order valence-electron chi connectivity index (χ4n) is 1.68. The van der Waals surface area contributed by atoms with E-state index in [4.69, 9.17) is 16.3 Å². The van der Waals surface area contributed by atoms with Crippen molar-refractivity contribution >= 4 is 23.2 Å². The van der Waals surface area contributed by atoms with Crippen LogP contribution >= 0.6 is 11.6 Å². The van der Waals surface area contributed by atoms with E-state index in [1.54, 1.807) is 18.2 Å². The van der Waals surface area contributed by atoms with E-state index in [-0.39, 0.29) is 12.5 Å².